The average Bonchev–Trinajstić information content (AvgIpc) is 3.50. The molecule has 5 rings (SSSR count). The predicted molar refractivity (Wildman–Crippen MR) is 136 cm³/mol. The zero-order valence-electron chi connectivity index (χ0n) is 20.8. The second-order valence-electron chi connectivity index (χ2n) is 9.55. The number of ether oxygens (including phenoxy) is 1. The van der Waals surface area contributed by atoms with Crippen molar-refractivity contribution < 1.29 is 14.3 Å². The lowest BCUT2D eigenvalue weighted by atomic mass is 9.77. The van der Waals surface area contributed by atoms with Crippen molar-refractivity contribution in [3.8, 4) is 5.75 Å². The Hall–Kier alpha value is -3.95. The van der Waals surface area contributed by atoms with Crippen LogP contribution in [-0.2, 0) is 4.79 Å². The summed E-state index contributed by atoms with van der Waals surface area (Å²) in [6, 6.07) is 7.53. The van der Waals surface area contributed by atoms with Crippen LogP contribution in [0.15, 0.2) is 42.9 Å². The van der Waals surface area contributed by atoms with E-state index in [2.05, 4.69) is 27.6 Å². The summed E-state index contributed by atoms with van der Waals surface area (Å²) in [4.78, 5) is 29.1. The number of carbonyl (C=O) groups excluding carboxylic acids is 2. The van der Waals surface area contributed by atoms with E-state index in [1.54, 1.807) is 37.1 Å². The van der Waals surface area contributed by atoms with Crippen LogP contribution in [0.3, 0.4) is 0 Å². The summed E-state index contributed by atoms with van der Waals surface area (Å²) in [6.45, 7) is 2.26. The van der Waals surface area contributed by atoms with Crippen LogP contribution in [0.4, 0.5) is 5.82 Å². The van der Waals surface area contributed by atoms with Gasteiger partial charge in [-0.1, -0.05) is 6.92 Å². The summed E-state index contributed by atoms with van der Waals surface area (Å²) in [5.41, 5.74) is 1.85. The van der Waals surface area contributed by atoms with E-state index in [4.69, 9.17) is 9.84 Å². The van der Waals surface area contributed by atoms with Gasteiger partial charge >= 0.3 is 0 Å². The van der Waals surface area contributed by atoms with Crippen LogP contribution in [0.25, 0.3) is 16.6 Å². The first-order valence-corrected chi connectivity index (χ1v) is 12.3. The first kappa shape index (κ1) is 23.8. The van der Waals surface area contributed by atoms with Gasteiger partial charge in [-0.05, 0) is 55.7 Å². The third kappa shape index (κ3) is 4.62. The van der Waals surface area contributed by atoms with Crippen LogP contribution in [0.5, 0.6) is 5.75 Å². The van der Waals surface area contributed by atoms with Crippen LogP contribution >= 0.6 is 0 Å². The maximum Gasteiger partial charge on any atom is 0.260 e. The van der Waals surface area contributed by atoms with Crippen molar-refractivity contribution in [2.45, 2.75) is 45.1 Å². The Morgan fingerprint density at radius 1 is 1.25 bits per heavy atom. The standard InChI is InChI=1S/C26H31N7O3/c1-16-11-17(7-9-25(34)27-2)6-8-21(16)32-15-18-12-19(22(36-3)13-20(18)31-32)26(35)30-24-14-28-23-5-4-10-29-33(23)24/h4-5,10,12-17,21H,6-9,11H2,1-3H3,(H,27,34)(H,30,35)/t16-,17-,21-/m1/s1. The molecule has 0 unspecified atom stereocenters. The zero-order valence-corrected chi connectivity index (χ0v) is 20.8. The van der Waals surface area contributed by atoms with Crippen LogP contribution in [0.1, 0.15) is 55.4 Å². The molecular weight excluding hydrogens is 458 g/mol. The Balaban J connectivity index is 1.35. The monoisotopic (exact) mass is 489 g/mol. The number of amides is 2. The summed E-state index contributed by atoms with van der Waals surface area (Å²) >= 11 is 0. The van der Waals surface area contributed by atoms with Gasteiger partial charge in [-0.15, -0.1) is 0 Å². The van der Waals surface area contributed by atoms with Crippen LogP contribution in [0.2, 0.25) is 0 Å². The first-order chi connectivity index (χ1) is 17.5. The van der Waals surface area contributed by atoms with Crippen LogP contribution in [-0.4, -0.2) is 50.4 Å². The fourth-order valence-corrected chi connectivity index (χ4v) is 5.29. The van der Waals surface area contributed by atoms with E-state index in [-0.39, 0.29) is 17.9 Å². The minimum atomic E-state index is -0.307. The lowest BCUT2D eigenvalue weighted by molar-refractivity contribution is -0.121. The van der Waals surface area contributed by atoms with Gasteiger partial charge in [-0.2, -0.15) is 14.7 Å². The number of carbonyl (C=O) groups is 2. The SMILES string of the molecule is CNC(=O)CC[C@H]1CC[C@@H](n2cc3cc(C(=O)Nc4cnc5cccnn45)c(OC)cc3n2)[C@H](C)C1. The predicted octanol–water partition coefficient (Wildman–Crippen LogP) is 3.84. The molecular formula is C26H31N7O3. The minimum absolute atomic E-state index is 0.106. The van der Waals surface area contributed by atoms with Gasteiger partial charge in [0.05, 0.1) is 30.4 Å². The Morgan fingerprint density at radius 2 is 2.11 bits per heavy atom. The molecule has 10 heteroatoms. The Bertz CT molecular complexity index is 1410. The molecule has 3 heterocycles. The molecule has 1 fully saturated rings. The number of methoxy groups -OCH3 is 1. The van der Waals surface area contributed by atoms with E-state index in [0.29, 0.717) is 41.0 Å². The number of hydrogen-bond donors (Lipinski definition) is 2. The molecule has 3 aromatic heterocycles. The number of imidazole rings is 1. The first-order valence-electron chi connectivity index (χ1n) is 12.3. The Kier molecular flexibility index (Phi) is 6.58. The maximum atomic E-state index is 13.2. The van der Waals surface area contributed by atoms with Crippen molar-refractivity contribution in [2.75, 3.05) is 19.5 Å². The highest BCUT2D eigenvalue weighted by atomic mass is 16.5. The van der Waals surface area contributed by atoms with Gasteiger partial charge in [0, 0.05) is 37.3 Å². The molecule has 0 radical (unpaired) electrons. The highest BCUT2D eigenvalue weighted by Crippen LogP contribution is 2.39. The van der Waals surface area contributed by atoms with E-state index in [1.165, 1.54) is 0 Å². The fraction of sp³-hybridized carbons (Fsp3) is 0.423. The van der Waals surface area contributed by atoms with Gasteiger partial charge in [0.2, 0.25) is 5.91 Å². The normalized spacial score (nSPS) is 19.9. The lowest BCUT2D eigenvalue weighted by Crippen LogP contribution is -2.27. The molecule has 1 aliphatic carbocycles. The van der Waals surface area contributed by atoms with Gasteiger partial charge < -0.3 is 15.4 Å². The van der Waals surface area contributed by atoms with Gasteiger partial charge in [0.25, 0.3) is 5.91 Å². The number of rotatable bonds is 7. The molecule has 2 amide bonds. The summed E-state index contributed by atoms with van der Waals surface area (Å²) in [5, 5.41) is 15.6. The molecule has 4 aromatic rings. The van der Waals surface area contributed by atoms with E-state index in [9.17, 15) is 9.59 Å². The molecule has 10 nitrogen and oxygen atoms in total. The molecule has 1 aromatic carbocycles. The third-order valence-corrected chi connectivity index (χ3v) is 7.24. The van der Waals surface area contributed by atoms with Crippen molar-refractivity contribution >= 4 is 34.2 Å². The second-order valence-corrected chi connectivity index (χ2v) is 9.55. The summed E-state index contributed by atoms with van der Waals surface area (Å²) in [7, 11) is 3.23. The zero-order chi connectivity index (χ0) is 25.2. The summed E-state index contributed by atoms with van der Waals surface area (Å²) in [5.74, 6) is 1.74. The molecule has 188 valence electrons. The van der Waals surface area contributed by atoms with Crippen molar-refractivity contribution in [1.29, 1.82) is 0 Å². The Morgan fingerprint density at radius 3 is 2.89 bits per heavy atom. The highest BCUT2D eigenvalue weighted by Gasteiger charge is 2.30. The fourth-order valence-electron chi connectivity index (χ4n) is 5.29. The highest BCUT2D eigenvalue weighted by molar-refractivity contribution is 6.08. The molecule has 0 bridgehead atoms. The molecule has 36 heavy (non-hydrogen) atoms. The van der Waals surface area contributed by atoms with Gasteiger partial charge in [-0.3, -0.25) is 14.3 Å². The summed E-state index contributed by atoms with van der Waals surface area (Å²) in [6.07, 6.45) is 9.91. The minimum Gasteiger partial charge on any atom is -0.496 e. The van der Waals surface area contributed by atoms with Crippen molar-refractivity contribution in [3.63, 3.8) is 0 Å². The lowest BCUT2D eigenvalue weighted by Gasteiger charge is -2.34. The maximum absolute atomic E-state index is 13.2. The van der Waals surface area contributed by atoms with Gasteiger partial charge in [0.1, 0.15) is 5.75 Å². The average molecular weight is 490 g/mol. The Labute approximate surface area is 209 Å². The topological polar surface area (TPSA) is 115 Å². The van der Waals surface area contributed by atoms with Gasteiger partial charge in [0.15, 0.2) is 11.5 Å². The molecule has 3 atom stereocenters. The third-order valence-electron chi connectivity index (χ3n) is 7.24. The van der Waals surface area contributed by atoms with E-state index >= 15 is 0 Å². The molecule has 0 spiro atoms. The van der Waals surface area contributed by atoms with E-state index in [1.807, 2.05) is 29.1 Å². The van der Waals surface area contributed by atoms with Crippen molar-refractivity contribution in [3.05, 3.63) is 48.4 Å². The van der Waals surface area contributed by atoms with Crippen LogP contribution in [0, 0.1) is 11.8 Å². The van der Waals surface area contributed by atoms with Crippen LogP contribution < -0.4 is 15.4 Å². The van der Waals surface area contributed by atoms with Crippen molar-refractivity contribution in [2.24, 2.45) is 11.8 Å². The number of nitrogens with one attached hydrogen (secondary N) is 2. The molecule has 1 aliphatic rings. The number of nitrogens with zero attached hydrogens (tertiary/aromatic N) is 5. The number of anilines is 1. The number of fused-ring (bicyclic) bond motifs is 2. The molecule has 0 aliphatic heterocycles. The molecule has 0 saturated heterocycles. The second kappa shape index (κ2) is 9.96. The molecule has 2 N–H and O–H groups in total. The number of benzene rings is 1. The molecule has 1 saturated carbocycles. The number of hydrogen-bond acceptors (Lipinski definition) is 6. The van der Waals surface area contributed by atoms with Gasteiger partial charge in [-0.25, -0.2) is 4.98 Å². The van der Waals surface area contributed by atoms with Crippen molar-refractivity contribution in [1.82, 2.24) is 29.7 Å². The van der Waals surface area contributed by atoms with E-state index in [0.717, 1.165) is 36.6 Å². The number of aromatic nitrogens is 5. The quantitative estimate of drug-likeness (QED) is 0.408. The smallest absolute Gasteiger partial charge is 0.260 e. The van der Waals surface area contributed by atoms with E-state index < -0.39 is 0 Å². The largest absolute Gasteiger partial charge is 0.496 e. The summed E-state index contributed by atoms with van der Waals surface area (Å²) < 4.78 is 9.16.